The molecule has 1 radical (unpaired) electrons. The Morgan fingerprint density at radius 1 is 1.12 bits per heavy atom. The van der Waals surface area contributed by atoms with Gasteiger partial charge >= 0.3 is 0 Å². The first-order valence-electron chi connectivity index (χ1n) is 10.4. The zero-order chi connectivity index (χ0) is 24.8. The Labute approximate surface area is 202 Å². The molecule has 2 heterocycles. The van der Waals surface area contributed by atoms with E-state index in [0.717, 1.165) is 9.18 Å². The first-order valence-corrected chi connectivity index (χ1v) is 12.7. The van der Waals surface area contributed by atoms with Gasteiger partial charge in [0.05, 0.1) is 25.0 Å². The van der Waals surface area contributed by atoms with Crippen LogP contribution >= 0.6 is 11.3 Å². The van der Waals surface area contributed by atoms with Gasteiger partial charge in [-0.25, -0.2) is 12.7 Å². The van der Waals surface area contributed by atoms with E-state index in [-0.39, 0.29) is 33.4 Å². The summed E-state index contributed by atoms with van der Waals surface area (Å²) in [7, 11) is -2.93. The van der Waals surface area contributed by atoms with Crippen molar-refractivity contribution in [2.45, 2.75) is 25.7 Å². The largest absolute Gasteiger partial charge is 0.496 e. The van der Waals surface area contributed by atoms with Crippen LogP contribution in [0.1, 0.15) is 38.2 Å². The third-order valence-electron chi connectivity index (χ3n) is 5.45. The van der Waals surface area contributed by atoms with E-state index in [9.17, 15) is 18.0 Å². The van der Waals surface area contributed by atoms with Crippen LogP contribution in [0.2, 0.25) is 0 Å². The number of nitrogens with zero attached hydrogens (tertiary/aromatic N) is 1. The first kappa shape index (κ1) is 23.8. The number of benzene rings is 2. The number of carbonyl (C=O) groups is 2. The molecule has 1 aliphatic rings. The zero-order valence-corrected chi connectivity index (χ0v) is 20.7. The third kappa shape index (κ3) is 3.63. The van der Waals surface area contributed by atoms with Crippen LogP contribution in [0.25, 0.3) is 0 Å². The van der Waals surface area contributed by atoms with Gasteiger partial charge in [-0.1, -0.05) is 18.2 Å². The number of fused-ring (bicyclic) bond motifs is 1. The number of aryl methyl sites for hydroxylation is 2. The highest BCUT2D eigenvalue weighted by Gasteiger charge is 2.49. The number of rotatable bonds is 7. The maximum absolute atomic E-state index is 13.9. The first-order chi connectivity index (χ1) is 16.1. The SMILES string of the molecule is CCOc1ccccc1[C]1C(=O)N(S(=O)(=O)c2cc(C)sc2C)c2ccc(OC)c(C(N)=O)c21. The molecular weight excluding hydrogens is 476 g/mol. The van der Waals surface area contributed by atoms with E-state index in [2.05, 4.69) is 0 Å². The molecule has 2 N–H and O–H groups in total. The van der Waals surface area contributed by atoms with Gasteiger partial charge in [0.2, 0.25) is 0 Å². The number of amides is 2. The Hall–Kier alpha value is -3.37. The number of sulfonamides is 1. The molecule has 10 heteroatoms. The van der Waals surface area contributed by atoms with Crippen molar-refractivity contribution >= 4 is 38.9 Å². The lowest BCUT2D eigenvalue weighted by Gasteiger charge is -2.19. The van der Waals surface area contributed by atoms with Crippen LogP contribution in [0, 0.1) is 19.8 Å². The van der Waals surface area contributed by atoms with Gasteiger partial charge in [-0.05, 0) is 45.0 Å². The summed E-state index contributed by atoms with van der Waals surface area (Å²) in [6.07, 6.45) is 0. The molecule has 8 nitrogen and oxygen atoms in total. The Balaban J connectivity index is 2.05. The minimum absolute atomic E-state index is 0.0000652. The maximum Gasteiger partial charge on any atom is 0.272 e. The average molecular weight is 500 g/mol. The summed E-state index contributed by atoms with van der Waals surface area (Å²) >= 11 is 1.32. The van der Waals surface area contributed by atoms with Crippen LogP contribution in [-0.2, 0) is 14.8 Å². The van der Waals surface area contributed by atoms with E-state index >= 15 is 0 Å². The van der Waals surface area contributed by atoms with Crippen molar-refractivity contribution in [1.29, 1.82) is 0 Å². The van der Waals surface area contributed by atoms with Crippen molar-refractivity contribution in [3.8, 4) is 11.5 Å². The zero-order valence-electron chi connectivity index (χ0n) is 19.0. The second kappa shape index (κ2) is 8.77. The van der Waals surface area contributed by atoms with Crippen LogP contribution in [0.3, 0.4) is 0 Å². The number of para-hydroxylation sites is 1. The molecule has 0 aliphatic carbocycles. The highest BCUT2D eigenvalue weighted by Crippen LogP contribution is 2.49. The molecule has 177 valence electrons. The molecule has 2 amide bonds. The molecule has 0 saturated carbocycles. The van der Waals surface area contributed by atoms with E-state index < -0.39 is 21.8 Å². The highest BCUT2D eigenvalue weighted by atomic mass is 32.2. The number of carbonyl (C=O) groups excluding carboxylic acids is 2. The predicted molar refractivity (Wildman–Crippen MR) is 129 cm³/mol. The fourth-order valence-corrected chi connectivity index (χ4v) is 7.07. The molecule has 1 aromatic heterocycles. The number of hydrogen-bond donors (Lipinski definition) is 1. The molecule has 2 aromatic carbocycles. The molecular formula is C24H23N2O6S2. The van der Waals surface area contributed by atoms with Gasteiger partial charge in [0.15, 0.2) is 0 Å². The predicted octanol–water partition coefficient (Wildman–Crippen LogP) is 3.58. The lowest BCUT2D eigenvalue weighted by atomic mass is 9.88. The number of primary amides is 1. The standard InChI is InChI=1S/C24H23N2O6S2/c1-5-32-17-9-7-6-8-15(17)20-21-16(10-11-18(31-4)22(21)23(25)27)26(24(20)28)34(29,30)19-12-13(2)33-14(19)3/h6-12H,5H2,1-4H3,(H2,25,27). The number of ether oxygens (including phenoxy) is 2. The van der Waals surface area contributed by atoms with Crippen LogP contribution in [0.4, 0.5) is 5.69 Å². The van der Waals surface area contributed by atoms with Gasteiger partial charge in [-0.2, -0.15) is 0 Å². The Morgan fingerprint density at radius 3 is 2.41 bits per heavy atom. The van der Waals surface area contributed by atoms with E-state index in [1.54, 1.807) is 45.0 Å². The Bertz CT molecular complexity index is 1410. The molecule has 3 aromatic rings. The molecule has 4 rings (SSSR count). The molecule has 0 atom stereocenters. The molecule has 1 aliphatic heterocycles. The average Bonchev–Trinajstić information content (AvgIpc) is 3.29. The number of thiophene rings is 1. The Kier molecular flexibility index (Phi) is 6.13. The lowest BCUT2D eigenvalue weighted by molar-refractivity contribution is -0.114. The summed E-state index contributed by atoms with van der Waals surface area (Å²) in [5.41, 5.74) is 6.10. The summed E-state index contributed by atoms with van der Waals surface area (Å²) in [6.45, 7) is 5.59. The summed E-state index contributed by atoms with van der Waals surface area (Å²) < 4.78 is 39.4. The second-order valence-electron chi connectivity index (χ2n) is 7.56. The fraction of sp³-hybridized carbons (Fsp3) is 0.208. The van der Waals surface area contributed by atoms with Crippen molar-refractivity contribution in [3.63, 3.8) is 0 Å². The number of anilines is 1. The van der Waals surface area contributed by atoms with Crippen molar-refractivity contribution in [1.82, 2.24) is 0 Å². The molecule has 34 heavy (non-hydrogen) atoms. The second-order valence-corrected chi connectivity index (χ2v) is 10.8. The topological polar surface area (TPSA) is 116 Å². The smallest absolute Gasteiger partial charge is 0.272 e. The number of nitrogens with two attached hydrogens (primary N) is 1. The number of methoxy groups -OCH3 is 1. The maximum atomic E-state index is 13.9. The van der Waals surface area contributed by atoms with E-state index in [4.69, 9.17) is 15.2 Å². The summed E-state index contributed by atoms with van der Waals surface area (Å²) in [6, 6.07) is 11.2. The van der Waals surface area contributed by atoms with E-state index in [1.807, 2.05) is 0 Å². The minimum Gasteiger partial charge on any atom is -0.496 e. The normalized spacial score (nSPS) is 13.8. The van der Waals surface area contributed by atoms with Gasteiger partial charge in [-0.3, -0.25) is 9.59 Å². The van der Waals surface area contributed by atoms with Crippen molar-refractivity contribution in [2.24, 2.45) is 5.73 Å². The van der Waals surface area contributed by atoms with Crippen LogP contribution in [-0.4, -0.2) is 33.9 Å². The fourth-order valence-electron chi connectivity index (χ4n) is 4.13. The Morgan fingerprint density at radius 2 is 1.82 bits per heavy atom. The summed E-state index contributed by atoms with van der Waals surface area (Å²) in [5, 5.41) is 0. The van der Waals surface area contributed by atoms with Gasteiger partial charge in [-0.15, -0.1) is 11.3 Å². The molecule has 0 spiro atoms. The third-order valence-corrected chi connectivity index (χ3v) is 8.37. The monoisotopic (exact) mass is 499 g/mol. The molecule has 0 saturated heterocycles. The summed E-state index contributed by atoms with van der Waals surface area (Å²) in [4.78, 5) is 27.8. The quantitative estimate of drug-likeness (QED) is 0.531. The van der Waals surface area contributed by atoms with E-state index in [0.29, 0.717) is 22.8 Å². The molecule has 0 unspecified atom stereocenters. The van der Waals surface area contributed by atoms with Gasteiger partial charge in [0.1, 0.15) is 22.3 Å². The number of hydrogen-bond acceptors (Lipinski definition) is 7. The van der Waals surface area contributed by atoms with Crippen molar-refractivity contribution in [3.05, 3.63) is 74.8 Å². The van der Waals surface area contributed by atoms with Crippen molar-refractivity contribution in [2.75, 3.05) is 18.0 Å². The van der Waals surface area contributed by atoms with Gasteiger partial charge < -0.3 is 15.2 Å². The van der Waals surface area contributed by atoms with Crippen LogP contribution in [0.5, 0.6) is 11.5 Å². The minimum atomic E-state index is -4.30. The van der Waals surface area contributed by atoms with Gasteiger partial charge in [0.25, 0.3) is 21.8 Å². The molecule has 0 fully saturated rings. The summed E-state index contributed by atoms with van der Waals surface area (Å²) in [5.74, 6) is -1.15. The highest BCUT2D eigenvalue weighted by molar-refractivity contribution is 7.93. The van der Waals surface area contributed by atoms with Crippen LogP contribution < -0.4 is 19.5 Å². The van der Waals surface area contributed by atoms with E-state index in [1.165, 1.54) is 36.6 Å². The van der Waals surface area contributed by atoms with Crippen LogP contribution in [0.15, 0.2) is 47.4 Å². The lowest BCUT2D eigenvalue weighted by Crippen LogP contribution is -2.35. The van der Waals surface area contributed by atoms with Crippen molar-refractivity contribution < 1.29 is 27.5 Å². The van der Waals surface area contributed by atoms with Gasteiger partial charge in [0, 0.05) is 20.9 Å². The molecule has 0 bridgehead atoms.